The largest absolute Gasteiger partial charge is 0.379 e. The molecule has 0 fully saturated rings. The number of benzene rings is 1. The molecule has 0 radical (unpaired) electrons. The van der Waals surface area contributed by atoms with Crippen molar-refractivity contribution < 1.29 is 14.0 Å². The van der Waals surface area contributed by atoms with Crippen molar-refractivity contribution >= 4 is 40.1 Å². The number of carbonyl (C=O) groups excluding carboxylic acids is 2. The Labute approximate surface area is 161 Å². The molecule has 0 unspecified atom stereocenters. The van der Waals surface area contributed by atoms with Gasteiger partial charge in [0.2, 0.25) is 5.91 Å². The summed E-state index contributed by atoms with van der Waals surface area (Å²) in [5, 5.41) is 8.56. The lowest BCUT2D eigenvalue weighted by atomic mass is 9.89. The molecular formula is C18H22FN5O2S. The zero-order valence-corrected chi connectivity index (χ0v) is 16.1. The monoisotopic (exact) mass is 391 g/mol. The van der Waals surface area contributed by atoms with Gasteiger partial charge in [0.25, 0.3) is 5.91 Å². The predicted molar refractivity (Wildman–Crippen MR) is 105 cm³/mol. The number of amides is 2. The van der Waals surface area contributed by atoms with E-state index in [1.165, 1.54) is 28.9 Å². The summed E-state index contributed by atoms with van der Waals surface area (Å²) < 4.78 is 14.5. The zero-order chi connectivity index (χ0) is 19.6. The van der Waals surface area contributed by atoms with Crippen LogP contribution in [0.2, 0.25) is 0 Å². The summed E-state index contributed by atoms with van der Waals surface area (Å²) in [4.78, 5) is 28.6. The van der Waals surface area contributed by atoms with Crippen LogP contribution in [0.15, 0.2) is 28.3 Å². The van der Waals surface area contributed by atoms with Crippen LogP contribution in [-0.4, -0.2) is 40.0 Å². The number of rotatable bonds is 4. The fourth-order valence-corrected chi connectivity index (χ4v) is 4.09. The van der Waals surface area contributed by atoms with E-state index in [1.54, 1.807) is 13.0 Å². The van der Waals surface area contributed by atoms with Gasteiger partial charge < -0.3 is 11.1 Å². The molecule has 0 bridgehead atoms. The van der Waals surface area contributed by atoms with Gasteiger partial charge in [-0.15, -0.1) is 0 Å². The quantitative estimate of drug-likeness (QED) is 0.823. The Morgan fingerprint density at radius 1 is 1.44 bits per heavy atom. The van der Waals surface area contributed by atoms with Gasteiger partial charge in [-0.25, -0.2) is 9.40 Å². The van der Waals surface area contributed by atoms with Crippen LogP contribution in [0.1, 0.15) is 38.7 Å². The molecule has 2 heterocycles. The molecule has 9 heteroatoms. The summed E-state index contributed by atoms with van der Waals surface area (Å²) in [6.45, 7) is 4.04. The second kappa shape index (κ2) is 7.67. The Morgan fingerprint density at radius 3 is 2.93 bits per heavy atom. The summed E-state index contributed by atoms with van der Waals surface area (Å²) >= 11 is 1.44. The molecule has 0 saturated carbocycles. The minimum absolute atomic E-state index is 0.100. The van der Waals surface area contributed by atoms with Crippen LogP contribution in [0, 0.1) is 5.82 Å². The number of anilines is 1. The van der Waals surface area contributed by atoms with E-state index in [0.29, 0.717) is 29.4 Å². The number of halogens is 1. The summed E-state index contributed by atoms with van der Waals surface area (Å²) in [6, 6.07) is 4.40. The summed E-state index contributed by atoms with van der Waals surface area (Å²) in [5.74, 6) is -0.140. The lowest BCUT2D eigenvalue weighted by Gasteiger charge is -2.30. The molecule has 144 valence electrons. The number of hydrazone groups is 1. The maximum Gasteiger partial charge on any atom is 0.271 e. The van der Waals surface area contributed by atoms with Crippen LogP contribution in [0.5, 0.6) is 0 Å². The van der Waals surface area contributed by atoms with Crippen molar-refractivity contribution in [3.05, 3.63) is 29.6 Å². The Hall–Kier alpha value is -2.42. The van der Waals surface area contributed by atoms with E-state index in [0.717, 1.165) is 5.75 Å². The molecular weight excluding hydrogens is 369 g/mol. The lowest BCUT2D eigenvalue weighted by molar-refractivity contribution is -0.131. The molecule has 3 N–H and O–H groups in total. The summed E-state index contributed by atoms with van der Waals surface area (Å²) in [6.07, 6.45) is 1.18. The molecule has 0 saturated heterocycles. The Morgan fingerprint density at radius 2 is 2.22 bits per heavy atom. The maximum absolute atomic E-state index is 14.5. The Bertz CT molecular complexity index is 841. The number of hydrogen-bond acceptors (Lipinski definition) is 6. The van der Waals surface area contributed by atoms with Gasteiger partial charge in [-0.05, 0) is 38.5 Å². The number of amidine groups is 1. The van der Waals surface area contributed by atoms with Crippen LogP contribution in [0.4, 0.5) is 10.1 Å². The van der Waals surface area contributed by atoms with Gasteiger partial charge in [0, 0.05) is 36.4 Å². The second-order valence-corrected chi connectivity index (χ2v) is 7.74. The van der Waals surface area contributed by atoms with Gasteiger partial charge in [-0.2, -0.15) is 5.10 Å². The Kier molecular flexibility index (Phi) is 5.50. The molecule has 3 rings (SSSR count). The lowest BCUT2D eigenvalue weighted by Crippen LogP contribution is -2.36. The number of carbonyl (C=O) groups is 2. The highest BCUT2D eigenvalue weighted by Gasteiger charge is 2.32. The van der Waals surface area contributed by atoms with E-state index < -0.39 is 17.3 Å². The molecule has 1 aromatic rings. The molecule has 0 aliphatic carbocycles. The highest BCUT2D eigenvalue weighted by molar-refractivity contribution is 8.13. The van der Waals surface area contributed by atoms with E-state index in [4.69, 9.17) is 5.73 Å². The van der Waals surface area contributed by atoms with Gasteiger partial charge in [-0.3, -0.25) is 14.6 Å². The van der Waals surface area contributed by atoms with Gasteiger partial charge in [0.1, 0.15) is 11.5 Å². The van der Waals surface area contributed by atoms with Crippen molar-refractivity contribution in [2.75, 3.05) is 17.6 Å². The highest BCUT2D eigenvalue weighted by atomic mass is 32.2. The number of thioether (sulfide) groups is 1. The third-order valence-corrected chi connectivity index (χ3v) is 5.46. The molecule has 2 amide bonds. The minimum atomic E-state index is -0.770. The summed E-state index contributed by atoms with van der Waals surface area (Å²) in [5.41, 5.74) is 6.18. The fraction of sp³-hybridized carbons (Fsp3) is 0.444. The number of hydrogen-bond donors (Lipinski definition) is 2. The van der Waals surface area contributed by atoms with Crippen molar-refractivity contribution in [3.63, 3.8) is 0 Å². The van der Waals surface area contributed by atoms with E-state index in [-0.39, 0.29) is 24.5 Å². The fourth-order valence-electron chi connectivity index (χ4n) is 3.11. The first-order chi connectivity index (χ1) is 12.8. The standard InChI is InChI=1S/C18H22FN5O2S/c1-3-24-15(25)7-6-14(23-24)16(26)21-11-4-5-13(19)12(10-11)18(2)8-9-27-17(20)22-18/h4-5,10H,3,6-9H2,1-2H3,(H2,20,22)(H,21,26)/t18-/m0/s1. The van der Waals surface area contributed by atoms with Crippen LogP contribution >= 0.6 is 11.8 Å². The van der Waals surface area contributed by atoms with Crippen molar-refractivity contribution in [2.24, 2.45) is 15.8 Å². The van der Waals surface area contributed by atoms with E-state index >= 15 is 0 Å². The molecule has 7 nitrogen and oxygen atoms in total. The topological polar surface area (TPSA) is 100 Å². The average Bonchev–Trinajstić information content (AvgIpc) is 2.63. The molecule has 27 heavy (non-hydrogen) atoms. The third kappa shape index (κ3) is 4.13. The van der Waals surface area contributed by atoms with Crippen LogP contribution in [0.3, 0.4) is 0 Å². The first-order valence-corrected chi connectivity index (χ1v) is 9.78. The van der Waals surface area contributed by atoms with Crippen LogP contribution in [0.25, 0.3) is 0 Å². The molecule has 1 aromatic carbocycles. The Balaban J connectivity index is 1.84. The van der Waals surface area contributed by atoms with Gasteiger partial charge in [0.05, 0.1) is 5.54 Å². The molecule has 1 atom stereocenters. The zero-order valence-electron chi connectivity index (χ0n) is 15.3. The normalized spacial score (nSPS) is 22.9. The minimum Gasteiger partial charge on any atom is -0.379 e. The number of aliphatic imine (C=N–C) groups is 1. The molecule has 0 aromatic heterocycles. The van der Waals surface area contributed by atoms with Crippen molar-refractivity contribution in [1.29, 1.82) is 0 Å². The van der Waals surface area contributed by atoms with Gasteiger partial charge in [0.15, 0.2) is 5.17 Å². The maximum atomic E-state index is 14.5. The summed E-state index contributed by atoms with van der Waals surface area (Å²) in [7, 11) is 0. The van der Waals surface area contributed by atoms with Gasteiger partial charge >= 0.3 is 0 Å². The number of nitrogens with two attached hydrogens (primary N) is 1. The van der Waals surface area contributed by atoms with Crippen LogP contribution in [-0.2, 0) is 15.1 Å². The highest BCUT2D eigenvalue weighted by Crippen LogP contribution is 2.37. The molecule has 2 aliphatic rings. The van der Waals surface area contributed by atoms with E-state index in [2.05, 4.69) is 15.4 Å². The smallest absolute Gasteiger partial charge is 0.271 e. The first-order valence-electron chi connectivity index (χ1n) is 8.80. The molecule has 0 spiro atoms. The van der Waals surface area contributed by atoms with Crippen molar-refractivity contribution in [3.8, 4) is 0 Å². The third-order valence-electron chi connectivity index (χ3n) is 4.67. The SMILES string of the molecule is CCN1N=C(C(=O)Nc2ccc(F)c([C@]3(C)CCSC(N)=N3)c2)CCC1=O. The van der Waals surface area contributed by atoms with Crippen molar-refractivity contribution in [2.45, 2.75) is 38.6 Å². The number of nitrogens with zero attached hydrogens (tertiary/aromatic N) is 3. The van der Waals surface area contributed by atoms with Crippen LogP contribution < -0.4 is 11.1 Å². The van der Waals surface area contributed by atoms with Gasteiger partial charge in [-0.1, -0.05) is 11.8 Å². The number of nitrogens with one attached hydrogen (secondary N) is 1. The average molecular weight is 391 g/mol. The second-order valence-electron chi connectivity index (χ2n) is 6.63. The molecule has 2 aliphatic heterocycles. The van der Waals surface area contributed by atoms with E-state index in [9.17, 15) is 14.0 Å². The predicted octanol–water partition coefficient (Wildman–Crippen LogP) is 2.43. The van der Waals surface area contributed by atoms with E-state index in [1.807, 2.05) is 6.92 Å². The van der Waals surface area contributed by atoms with Crippen molar-refractivity contribution in [1.82, 2.24) is 5.01 Å². The first kappa shape index (κ1) is 19.3.